The van der Waals surface area contributed by atoms with E-state index in [1.54, 1.807) is 0 Å². The third kappa shape index (κ3) is 6.81. The topological polar surface area (TPSA) is 75.6 Å². The Balaban J connectivity index is 2.51. The molecule has 1 aromatic carbocycles. The molecule has 1 atom stereocenters. The van der Waals surface area contributed by atoms with Gasteiger partial charge in [-0.3, -0.25) is 9.59 Å². The number of benzene rings is 1. The molecular weight excluding hydrogens is 335 g/mol. The van der Waals surface area contributed by atoms with E-state index in [1.165, 1.54) is 19.1 Å². The monoisotopic (exact) mass is 351 g/mol. The number of carboxylic acids is 1. The lowest BCUT2D eigenvalue weighted by atomic mass is 10.2. The van der Waals surface area contributed by atoms with Crippen molar-refractivity contribution >= 4 is 23.6 Å². The van der Waals surface area contributed by atoms with Crippen LogP contribution in [-0.4, -0.2) is 41.1 Å². The summed E-state index contributed by atoms with van der Waals surface area (Å²) in [5, 5.41) is 10.9. The van der Waals surface area contributed by atoms with Crippen molar-refractivity contribution < 1.29 is 32.6 Å². The molecule has 0 spiro atoms. The number of aliphatic carboxylic acids is 1. The van der Waals surface area contributed by atoms with E-state index in [9.17, 15) is 22.8 Å². The predicted octanol–water partition coefficient (Wildman–Crippen LogP) is 2.41. The van der Waals surface area contributed by atoms with Crippen molar-refractivity contribution in [3.63, 3.8) is 0 Å². The second-order valence-electron chi connectivity index (χ2n) is 4.49. The zero-order valence-electron chi connectivity index (χ0n) is 12.2. The molecule has 128 valence electrons. The van der Waals surface area contributed by atoms with Crippen LogP contribution in [0.1, 0.15) is 12.5 Å². The van der Waals surface area contributed by atoms with Gasteiger partial charge in [0.05, 0.1) is 11.3 Å². The maximum Gasteiger partial charge on any atom is 0.419 e. The van der Waals surface area contributed by atoms with Crippen LogP contribution >= 0.6 is 11.8 Å². The number of carbonyl (C=O) groups is 2. The average molecular weight is 351 g/mol. The lowest BCUT2D eigenvalue weighted by molar-refractivity contribution is -0.140. The number of carbonyl (C=O) groups excluding carboxylic acids is 1. The number of ether oxygens (including phenoxy) is 1. The van der Waals surface area contributed by atoms with Crippen molar-refractivity contribution in [2.24, 2.45) is 0 Å². The molecule has 2 N–H and O–H groups in total. The number of amides is 1. The van der Waals surface area contributed by atoms with Crippen molar-refractivity contribution in [2.75, 3.05) is 18.1 Å². The zero-order chi connectivity index (χ0) is 17.5. The number of halogens is 3. The molecule has 0 bridgehead atoms. The normalized spacial score (nSPS) is 12.5. The molecule has 0 fully saturated rings. The van der Waals surface area contributed by atoms with Gasteiger partial charge in [-0.1, -0.05) is 12.1 Å². The molecule has 5 nitrogen and oxygen atoms in total. The Kier molecular flexibility index (Phi) is 7.21. The van der Waals surface area contributed by atoms with E-state index in [-0.39, 0.29) is 12.3 Å². The standard InChI is InChI=1S/C14H16F3NO4S/c1-9(13(21)18-6-7-23-8-12(19)20)22-11-5-3-2-4-10(11)14(15,16)17/h2-5,9H,6-8H2,1H3,(H,18,21)(H,19,20). The van der Waals surface area contributed by atoms with Crippen LogP contribution in [0.2, 0.25) is 0 Å². The van der Waals surface area contributed by atoms with Crippen molar-refractivity contribution in [3.05, 3.63) is 29.8 Å². The van der Waals surface area contributed by atoms with Gasteiger partial charge in [-0.2, -0.15) is 13.2 Å². The van der Waals surface area contributed by atoms with Gasteiger partial charge in [0.15, 0.2) is 6.10 Å². The molecule has 1 unspecified atom stereocenters. The number of hydrogen-bond acceptors (Lipinski definition) is 4. The highest BCUT2D eigenvalue weighted by molar-refractivity contribution is 7.99. The largest absolute Gasteiger partial charge is 0.481 e. The van der Waals surface area contributed by atoms with Gasteiger partial charge in [-0.15, -0.1) is 11.8 Å². The molecule has 0 aliphatic heterocycles. The Morgan fingerprint density at radius 2 is 2.00 bits per heavy atom. The van der Waals surface area contributed by atoms with Crippen LogP contribution in [0, 0.1) is 0 Å². The van der Waals surface area contributed by atoms with Gasteiger partial charge < -0.3 is 15.2 Å². The summed E-state index contributed by atoms with van der Waals surface area (Å²) < 4.78 is 43.6. The molecule has 0 radical (unpaired) electrons. The SMILES string of the molecule is CC(Oc1ccccc1C(F)(F)F)C(=O)NCCSCC(=O)O. The number of rotatable bonds is 8. The smallest absolute Gasteiger partial charge is 0.419 e. The van der Waals surface area contributed by atoms with Gasteiger partial charge in [-0.05, 0) is 19.1 Å². The number of para-hydroxylation sites is 1. The van der Waals surface area contributed by atoms with Crippen LogP contribution in [-0.2, 0) is 15.8 Å². The van der Waals surface area contributed by atoms with E-state index < -0.39 is 35.5 Å². The molecule has 1 rings (SSSR count). The summed E-state index contributed by atoms with van der Waals surface area (Å²) in [6.45, 7) is 1.54. The maximum absolute atomic E-state index is 12.8. The molecule has 0 saturated carbocycles. The van der Waals surface area contributed by atoms with Gasteiger partial charge >= 0.3 is 12.1 Å². The molecule has 0 heterocycles. The molecule has 1 aromatic rings. The Morgan fingerprint density at radius 3 is 2.61 bits per heavy atom. The summed E-state index contributed by atoms with van der Waals surface area (Å²) in [6.07, 6.45) is -5.68. The lowest BCUT2D eigenvalue weighted by Crippen LogP contribution is -2.37. The van der Waals surface area contributed by atoms with Crippen molar-refractivity contribution in [3.8, 4) is 5.75 Å². The molecule has 0 aromatic heterocycles. The third-order valence-corrected chi connectivity index (χ3v) is 3.58. The number of hydrogen-bond donors (Lipinski definition) is 2. The van der Waals surface area contributed by atoms with E-state index >= 15 is 0 Å². The van der Waals surface area contributed by atoms with Gasteiger partial charge in [-0.25, -0.2) is 0 Å². The molecule has 1 amide bonds. The van der Waals surface area contributed by atoms with Gasteiger partial charge in [0.25, 0.3) is 5.91 Å². The van der Waals surface area contributed by atoms with Crippen LogP contribution < -0.4 is 10.1 Å². The first-order valence-electron chi connectivity index (χ1n) is 6.62. The van der Waals surface area contributed by atoms with E-state index in [0.717, 1.165) is 23.9 Å². The summed E-state index contributed by atoms with van der Waals surface area (Å²) in [4.78, 5) is 22.1. The van der Waals surface area contributed by atoms with Gasteiger partial charge in [0.1, 0.15) is 5.75 Å². The van der Waals surface area contributed by atoms with Crippen LogP contribution in [0.15, 0.2) is 24.3 Å². The number of thioether (sulfide) groups is 1. The van der Waals surface area contributed by atoms with Gasteiger partial charge in [0.2, 0.25) is 0 Å². The Morgan fingerprint density at radius 1 is 1.35 bits per heavy atom. The highest BCUT2D eigenvalue weighted by atomic mass is 32.2. The average Bonchev–Trinajstić information content (AvgIpc) is 2.45. The minimum atomic E-state index is -4.57. The first kappa shape index (κ1) is 19.1. The van der Waals surface area contributed by atoms with Gasteiger partial charge in [0, 0.05) is 12.3 Å². The second-order valence-corrected chi connectivity index (χ2v) is 5.60. The number of alkyl halides is 3. The fraction of sp³-hybridized carbons (Fsp3) is 0.429. The summed E-state index contributed by atoms with van der Waals surface area (Å²) in [6, 6.07) is 4.65. The summed E-state index contributed by atoms with van der Waals surface area (Å²) in [5.41, 5.74) is -0.948. The molecule has 9 heteroatoms. The molecule has 0 aliphatic carbocycles. The first-order chi connectivity index (χ1) is 10.7. The zero-order valence-corrected chi connectivity index (χ0v) is 13.0. The Labute approximate surface area is 135 Å². The highest BCUT2D eigenvalue weighted by Crippen LogP contribution is 2.36. The minimum Gasteiger partial charge on any atom is -0.481 e. The summed E-state index contributed by atoms with van der Waals surface area (Å²) in [7, 11) is 0. The fourth-order valence-corrected chi connectivity index (χ4v) is 2.16. The van der Waals surface area contributed by atoms with E-state index in [1.807, 2.05) is 0 Å². The van der Waals surface area contributed by atoms with Crippen LogP contribution in [0.4, 0.5) is 13.2 Å². The van der Waals surface area contributed by atoms with Crippen LogP contribution in [0.25, 0.3) is 0 Å². The molecule has 0 aliphatic rings. The third-order valence-electron chi connectivity index (χ3n) is 2.64. The molecular formula is C14H16F3NO4S. The number of nitrogens with one attached hydrogen (secondary N) is 1. The molecule has 0 saturated heterocycles. The second kappa shape index (κ2) is 8.66. The maximum atomic E-state index is 12.8. The minimum absolute atomic E-state index is 0.0825. The van der Waals surface area contributed by atoms with E-state index in [4.69, 9.17) is 9.84 Å². The molecule has 23 heavy (non-hydrogen) atoms. The summed E-state index contributed by atoms with van der Waals surface area (Å²) in [5.74, 6) is -1.65. The predicted molar refractivity (Wildman–Crippen MR) is 79.5 cm³/mol. The van der Waals surface area contributed by atoms with Crippen molar-refractivity contribution in [2.45, 2.75) is 19.2 Å². The lowest BCUT2D eigenvalue weighted by Gasteiger charge is -2.18. The van der Waals surface area contributed by atoms with Crippen molar-refractivity contribution in [1.82, 2.24) is 5.32 Å². The van der Waals surface area contributed by atoms with E-state index in [2.05, 4.69) is 5.32 Å². The number of carboxylic acid groups (broad SMARTS) is 1. The quantitative estimate of drug-likeness (QED) is 0.704. The van der Waals surface area contributed by atoms with E-state index in [0.29, 0.717) is 5.75 Å². The van der Waals surface area contributed by atoms with Crippen LogP contribution in [0.3, 0.4) is 0 Å². The fourth-order valence-electron chi connectivity index (χ4n) is 1.60. The highest BCUT2D eigenvalue weighted by Gasteiger charge is 2.34. The first-order valence-corrected chi connectivity index (χ1v) is 7.77. The Hall–Kier alpha value is -1.90. The van der Waals surface area contributed by atoms with Crippen molar-refractivity contribution in [1.29, 1.82) is 0 Å². The summed E-state index contributed by atoms with van der Waals surface area (Å²) >= 11 is 1.12. The van der Waals surface area contributed by atoms with Crippen LogP contribution in [0.5, 0.6) is 5.75 Å². The Bertz CT molecular complexity index is 551.